The summed E-state index contributed by atoms with van der Waals surface area (Å²) in [6.45, 7) is 2.45. The fourth-order valence-electron chi connectivity index (χ4n) is 1.86. The first-order valence-corrected chi connectivity index (χ1v) is 7.66. The van der Waals surface area contributed by atoms with Crippen molar-refractivity contribution in [2.75, 3.05) is 6.61 Å². The van der Waals surface area contributed by atoms with Crippen LogP contribution in [-0.4, -0.2) is 11.7 Å². The molecular weight excluding hydrogens is 391 g/mol. The molecule has 2 rings (SSSR count). The summed E-state index contributed by atoms with van der Waals surface area (Å²) in [5, 5.41) is 10.3. The van der Waals surface area contributed by atoms with Gasteiger partial charge in [0.25, 0.3) is 0 Å². The largest absolute Gasteiger partial charge is 0.493 e. The third kappa shape index (κ3) is 3.40. The summed E-state index contributed by atoms with van der Waals surface area (Å²) in [7, 11) is 0. The van der Waals surface area contributed by atoms with E-state index in [2.05, 4.69) is 31.9 Å². The molecule has 2 aromatic rings. The average molecular weight is 404 g/mol. The Bertz CT molecular complexity index is 617. The van der Waals surface area contributed by atoms with E-state index in [1.807, 2.05) is 6.92 Å². The molecule has 0 aromatic heterocycles. The van der Waals surface area contributed by atoms with E-state index in [0.717, 1.165) is 4.47 Å². The summed E-state index contributed by atoms with van der Waals surface area (Å²) in [6, 6.07) is 9.81. The molecule has 0 heterocycles. The maximum absolute atomic E-state index is 13.9. The molecule has 0 fully saturated rings. The second kappa shape index (κ2) is 6.70. The first kappa shape index (κ1) is 15.5. The third-order valence-electron chi connectivity index (χ3n) is 2.83. The van der Waals surface area contributed by atoms with Crippen molar-refractivity contribution in [2.45, 2.75) is 13.0 Å². The Balaban J connectivity index is 2.33. The number of aliphatic hydroxyl groups excluding tert-OH is 1. The van der Waals surface area contributed by atoms with Crippen LogP contribution in [0.3, 0.4) is 0 Å². The summed E-state index contributed by atoms with van der Waals surface area (Å²) in [5.74, 6) is 0.247. The quantitative estimate of drug-likeness (QED) is 0.791. The number of benzene rings is 2. The molecule has 5 heteroatoms. The van der Waals surface area contributed by atoms with Gasteiger partial charge in [0.1, 0.15) is 17.7 Å². The van der Waals surface area contributed by atoms with Gasteiger partial charge in [-0.2, -0.15) is 0 Å². The molecule has 106 valence electrons. The number of halogens is 3. The highest BCUT2D eigenvalue weighted by atomic mass is 79.9. The van der Waals surface area contributed by atoms with Crippen LogP contribution < -0.4 is 4.74 Å². The number of aliphatic hydroxyl groups is 1. The highest BCUT2D eigenvalue weighted by Gasteiger charge is 2.16. The topological polar surface area (TPSA) is 29.5 Å². The van der Waals surface area contributed by atoms with E-state index in [-0.39, 0.29) is 5.56 Å². The van der Waals surface area contributed by atoms with Crippen molar-refractivity contribution in [3.63, 3.8) is 0 Å². The Labute approximate surface area is 133 Å². The average Bonchev–Trinajstić information content (AvgIpc) is 2.40. The highest BCUT2D eigenvalue weighted by molar-refractivity contribution is 9.10. The first-order chi connectivity index (χ1) is 9.52. The van der Waals surface area contributed by atoms with Crippen LogP contribution in [0.25, 0.3) is 0 Å². The molecule has 1 N–H and O–H groups in total. The molecule has 0 saturated heterocycles. The Morgan fingerprint density at radius 1 is 1.20 bits per heavy atom. The van der Waals surface area contributed by atoms with Crippen LogP contribution >= 0.6 is 31.9 Å². The second-order valence-corrected chi connectivity index (χ2v) is 5.96. The lowest BCUT2D eigenvalue weighted by Crippen LogP contribution is -2.03. The van der Waals surface area contributed by atoms with E-state index in [1.54, 1.807) is 30.3 Å². The van der Waals surface area contributed by atoms with Gasteiger partial charge >= 0.3 is 0 Å². The van der Waals surface area contributed by atoms with E-state index in [4.69, 9.17) is 4.74 Å². The molecule has 0 radical (unpaired) electrons. The van der Waals surface area contributed by atoms with E-state index in [9.17, 15) is 9.50 Å². The van der Waals surface area contributed by atoms with E-state index >= 15 is 0 Å². The molecule has 0 amide bonds. The van der Waals surface area contributed by atoms with Gasteiger partial charge in [0.05, 0.1) is 11.1 Å². The van der Waals surface area contributed by atoms with Gasteiger partial charge < -0.3 is 9.84 Å². The van der Waals surface area contributed by atoms with Crippen LogP contribution in [0.5, 0.6) is 5.75 Å². The van der Waals surface area contributed by atoms with Crippen LogP contribution in [0.1, 0.15) is 24.2 Å². The minimum Gasteiger partial charge on any atom is -0.493 e. The Hall–Kier alpha value is -0.910. The zero-order valence-corrected chi connectivity index (χ0v) is 13.9. The normalized spacial score (nSPS) is 12.2. The van der Waals surface area contributed by atoms with Crippen LogP contribution in [-0.2, 0) is 0 Å². The van der Waals surface area contributed by atoms with Crippen molar-refractivity contribution in [3.05, 3.63) is 62.3 Å². The molecule has 2 nitrogen and oxygen atoms in total. The fraction of sp³-hybridized carbons (Fsp3) is 0.200. The molecule has 0 spiro atoms. The van der Waals surface area contributed by atoms with Crippen molar-refractivity contribution in [1.29, 1.82) is 0 Å². The lowest BCUT2D eigenvalue weighted by atomic mass is 10.0. The first-order valence-electron chi connectivity index (χ1n) is 6.08. The van der Waals surface area contributed by atoms with Crippen molar-refractivity contribution in [3.8, 4) is 5.75 Å². The monoisotopic (exact) mass is 402 g/mol. The standard InChI is InChI=1S/C15H13Br2FO2/c1-2-20-14-6-3-9(7-12(14)17)15(19)11-5-4-10(16)8-13(11)18/h3-8,15,19H,2H2,1H3. The van der Waals surface area contributed by atoms with Crippen LogP contribution in [0.15, 0.2) is 45.3 Å². The lowest BCUT2D eigenvalue weighted by Gasteiger charge is -2.14. The SMILES string of the molecule is CCOc1ccc(C(O)c2ccc(Br)cc2F)cc1Br. The van der Waals surface area contributed by atoms with Crippen molar-refractivity contribution in [2.24, 2.45) is 0 Å². The highest BCUT2D eigenvalue weighted by Crippen LogP contribution is 2.32. The molecule has 0 aliphatic carbocycles. The molecule has 0 bridgehead atoms. The van der Waals surface area contributed by atoms with Gasteiger partial charge in [0.2, 0.25) is 0 Å². The van der Waals surface area contributed by atoms with E-state index < -0.39 is 11.9 Å². The van der Waals surface area contributed by atoms with E-state index in [0.29, 0.717) is 22.4 Å². The van der Waals surface area contributed by atoms with Crippen molar-refractivity contribution < 1.29 is 14.2 Å². The van der Waals surface area contributed by atoms with Gasteiger partial charge in [0.15, 0.2) is 0 Å². The van der Waals surface area contributed by atoms with Crippen LogP contribution in [0.2, 0.25) is 0 Å². The summed E-state index contributed by atoms with van der Waals surface area (Å²) in [6.07, 6.45) is -1.02. The maximum Gasteiger partial charge on any atom is 0.133 e. The van der Waals surface area contributed by atoms with Crippen molar-refractivity contribution >= 4 is 31.9 Å². The summed E-state index contributed by atoms with van der Waals surface area (Å²) < 4.78 is 20.6. The Kier molecular flexibility index (Phi) is 5.18. The minimum atomic E-state index is -1.02. The molecule has 20 heavy (non-hydrogen) atoms. The molecule has 2 aromatic carbocycles. The zero-order chi connectivity index (χ0) is 14.7. The van der Waals surface area contributed by atoms with Gasteiger partial charge in [-0.1, -0.05) is 28.1 Å². The maximum atomic E-state index is 13.9. The number of hydrogen-bond acceptors (Lipinski definition) is 2. The van der Waals surface area contributed by atoms with Gasteiger partial charge in [-0.3, -0.25) is 0 Å². The number of ether oxygens (including phenoxy) is 1. The number of hydrogen-bond donors (Lipinski definition) is 1. The van der Waals surface area contributed by atoms with Crippen LogP contribution in [0, 0.1) is 5.82 Å². The summed E-state index contributed by atoms with van der Waals surface area (Å²) in [4.78, 5) is 0. The fourth-order valence-corrected chi connectivity index (χ4v) is 2.71. The molecule has 0 aliphatic heterocycles. The second-order valence-electron chi connectivity index (χ2n) is 4.19. The third-order valence-corrected chi connectivity index (χ3v) is 3.94. The molecule has 1 atom stereocenters. The predicted octanol–water partition coefficient (Wildman–Crippen LogP) is 4.83. The smallest absolute Gasteiger partial charge is 0.133 e. The van der Waals surface area contributed by atoms with Gasteiger partial charge in [0, 0.05) is 10.0 Å². The summed E-state index contributed by atoms with van der Waals surface area (Å²) in [5.41, 5.74) is 0.839. The zero-order valence-electron chi connectivity index (χ0n) is 10.7. The lowest BCUT2D eigenvalue weighted by molar-refractivity contribution is 0.214. The molecule has 0 saturated carbocycles. The molecular formula is C15H13Br2FO2. The number of rotatable bonds is 4. The molecule has 0 aliphatic rings. The Morgan fingerprint density at radius 2 is 1.95 bits per heavy atom. The van der Waals surface area contributed by atoms with Crippen LogP contribution in [0.4, 0.5) is 4.39 Å². The summed E-state index contributed by atoms with van der Waals surface area (Å²) >= 11 is 6.58. The van der Waals surface area contributed by atoms with Gasteiger partial charge in [-0.15, -0.1) is 0 Å². The molecule has 1 unspecified atom stereocenters. The minimum absolute atomic E-state index is 0.240. The van der Waals surface area contributed by atoms with Gasteiger partial charge in [-0.05, 0) is 52.7 Å². The van der Waals surface area contributed by atoms with E-state index in [1.165, 1.54) is 6.07 Å². The van der Waals surface area contributed by atoms with Crippen molar-refractivity contribution in [1.82, 2.24) is 0 Å². The Morgan fingerprint density at radius 3 is 2.55 bits per heavy atom. The predicted molar refractivity (Wildman–Crippen MR) is 83.5 cm³/mol. The van der Waals surface area contributed by atoms with Gasteiger partial charge in [-0.25, -0.2) is 4.39 Å².